The van der Waals surface area contributed by atoms with Crippen LogP contribution in [0.15, 0.2) is 36.7 Å². The van der Waals surface area contributed by atoms with Gasteiger partial charge in [-0.3, -0.25) is 9.59 Å². The molecule has 0 saturated carbocycles. The van der Waals surface area contributed by atoms with Gasteiger partial charge in [0.05, 0.1) is 18.1 Å². The fourth-order valence-corrected chi connectivity index (χ4v) is 1.82. The Labute approximate surface area is 121 Å². The third kappa shape index (κ3) is 4.41. The van der Waals surface area contributed by atoms with Crippen LogP contribution in [0.25, 0.3) is 5.69 Å². The number of carbonyl (C=O) groups excluding carboxylic acids is 1. The molecule has 0 spiro atoms. The molecule has 7 nitrogen and oxygen atoms in total. The highest BCUT2D eigenvalue weighted by Gasteiger charge is 2.05. The molecule has 0 saturated heterocycles. The summed E-state index contributed by atoms with van der Waals surface area (Å²) in [7, 11) is 0. The van der Waals surface area contributed by atoms with Crippen molar-refractivity contribution in [2.24, 2.45) is 0 Å². The van der Waals surface area contributed by atoms with Crippen molar-refractivity contribution >= 4 is 11.9 Å². The number of unbranched alkanes of at least 4 members (excludes halogenated alkanes) is 1. The van der Waals surface area contributed by atoms with Crippen molar-refractivity contribution in [1.29, 1.82) is 0 Å². The van der Waals surface area contributed by atoms with Crippen LogP contribution in [-0.2, 0) is 4.79 Å². The number of benzene rings is 1. The van der Waals surface area contributed by atoms with Crippen molar-refractivity contribution in [2.45, 2.75) is 19.3 Å². The summed E-state index contributed by atoms with van der Waals surface area (Å²) in [6.45, 7) is 0.469. The van der Waals surface area contributed by atoms with Crippen LogP contribution < -0.4 is 5.32 Å². The average molecular weight is 288 g/mol. The molecular weight excluding hydrogens is 272 g/mol. The Morgan fingerprint density at radius 1 is 1.19 bits per heavy atom. The van der Waals surface area contributed by atoms with E-state index >= 15 is 0 Å². The minimum Gasteiger partial charge on any atom is -0.481 e. The van der Waals surface area contributed by atoms with Gasteiger partial charge >= 0.3 is 5.97 Å². The highest BCUT2D eigenvalue weighted by Crippen LogP contribution is 2.08. The number of rotatable bonds is 7. The van der Waals surface area contributed by atoms with E-state index in [1.165, 1.54) is 0 Å². The fraction of sp³-hybridized carbons (Fsp3) is 0.286. The van der Waals surface area contributed by atoms with Crippen LogP contribution in [0, 0.1) is 0 Å². The summed E-state index contributed by atoms with van der Waals surface area (Å²) in [5.74, 6) is -0.986. The van der Waals surface area contributed by atoms with Crippen LogP contribution >= 0.6 is 0 Å². The topological polar surface area (TPSA) is 97.1 Å². The van der Waals surface area contributed by atoms with Gasteiger partial charge in [0.15, 0.2) is 0 Å². The summed E-state index contributed by atoms with van der Waals surface area (Å²) in [6.07, 6.45) is 4.63. The van der Waals surface area contributed by atoms with E-state index in [1.54, 1.807) is 41.3 Å². The van der Waals surface area contributed by atoms with Crippen molar-refractivity contribution in [1.82, 2.24) is 20.3 Å². The molecule has 1 heterocycles. The maximum absolute atomic E-state index is 11.9. The number of carbonyl (C=O) groups is 2. The predicted molar refractivity (Wildman–Crippen MR) is 75.2 cm³/mol. The number of amides is 1. The van der Waals surface area contributed by atoms with Crippen LogP contribution in [0.4, 0.5) is 0 Å². The lowest BCUT2D eigenvalue weighted by molar-refractivity contribution is -0.137. The Morgan fingerprint density at radius 2 is 1.95 bits per heavy atom. The van der Waals surface area contributed by atoms with Crippen LogP contribution in [0.5, 0.6) is 0 Å². The van der Waals surface area contributed by atoms with Gasteiger partial charge in [-0.1, -0.05) is 5.21 Å². The summed E-state index contributed by atoms with van der Waals surface area (Å²) in [5.41, 5.74) is 1.38. The maximum Gasteiger partial charge on any atom is 0.303 e. The molecule has 0 aliphatic rings. The SMILES string of the molecule is O=C(O)CCCCNC(=O)c1ccc(-n2ccnn2)cc1. The molecule has 110 valence electrons. The highest BCUT2D eigenvalue weighted by atomic mass is 16.4. The molecule has 7 heteroatoms. The van der Waals surface area contributed by atoms with Crippen LogP contribution in [0.3, 0.4) is 0 Å². The number of aliphatic carboxylic acids is 1. The van der Waals surface area contributed by atoms with Crippen LogP contribution in [0.1, 0.15) is 29.6 Å². The molecule has 0 fully saturated rings. The van der Waals surface area contributed by atoms with Gasteiger partial charge in [0.1, 0.15) is 0 Å². The second-order valence-electron chi connectivity index (χ2n) is 4.50. The maximum atomic E-state index is 11.9. The van der Waals surface area contributed by atoms with E-state index < -0.39 is 5.97 Å². The monoisotopic (exact) mass is 288 g/mol. The molecule has 0 aliphatic heterocycles. The van der Waals surface area contributed by atoms with E-state index in [9.17, 15) is 9.59 Å². The van der Waals surface area contributed by atoms with Crippen molar-refractivity contribution < 1.29 is 14.7 Å². The molecule has 2 aromatic rings. The molecule has 0 aliphatic carbocycles. The molecule has 0 atom stereocenters. The molecule has 21 heavy (non-hydrogen) atoms. The Morgan fingerprint density at radius 3 is 2.57 bits per heavy atom. The molecule has 2 rings (SSSR count). The Hall–Kier alpha value is -2.70. The standard InChI is InChI=1S/C14H16N4O3/c19-13(20)3-1-2-8-15-14(21)11-4-6-12(7-5-11)18-10-9-16-17-18/h4-7,9-10H,1-3,8H2,(H,15,21)(H,19,20). The first-order chi connectivity index (χ1) is 10.2. The molecule has 0 radical (unpaired) electrons. The van der Waals surface area contributed by atoms with Gasteiger partial charge in [-0.2, -0.15) is 0 Å². The third-order valence-corrected chi connectivity index (χ3v) is 2.92. The van der Waals surface area contributed by atoms with Gasteiger partial charge in [-0.05, 0) is 37.1 Å². The van der Waals surface area contributed by atoms with Gasteiger partial charge in [0.25, 0.3) is 5.91 Å². The van der Waals surface area contributed by atoms with E-state index in [0.29, 0.717) is 24.9 Å². The largest absolute Gasteiger partial charge is 0.481 e. The molecule has 1 aromatic carbocycles. The summed E-state index contributed by atoms with van der Waals surface area (Å²) < 4.78 is 1.60. The minimum absolute atomic E-state index is 0.127. The second kappa shape index (κ2) is 7.18. The smallest absolute Gasteiger partial charge is 0.303 e. The van der Waals surface area contributed by atoms with Crippen LogP contribution in [-0.4, -0.2) is 38.5 Å². The number of nitrogens with one attached hydrogen (secondary N) is 1. The third-order valence-electron chi connectivity index (χ3n) is 2.92. The summed E-state index contributed by atoms with van der Waals surface area (Å²) >= 11 is 0. The van der Waals surface area contributed by atoms with Gasteiger partial charge < -0.3 is 10.4 Å². The lowest BCUT2D eigenvalue weighted by Crippen LogP contribution is -2.24. The van der Waals surface area contributed by atoms with Crippen molar-refractivity contribution in [2.75, 3.05) is 6.54 Å². The van der Waals surface area contributed by atoms with Crippen molar-refractivity contribution in [3.8, 4) is 5.69 Å². The van der Waals surface area contributed by atoms with Crippen LogP contribution in [0.2, 0.25) is 0 Å². The quantitative estimate of drug-likeness (QED) is 0.747. The summed E-state index contributed by atoms with van der Waals surface area (Å²) in [5, 5.41) is 18.8. The number of hydrogen-bond donors (Lipinski definition) is 2. The van der Waals surface area contributed by atoms with E-state index in [4.69, 9.17) is 5.11 Å². The highest BCUT2D eigenvalue weighted by molar-refractivity contribution is 5.94. The number of carboxylic acid groups (broad SMARTS) is 1. The fourth-order valence-electron chi connectivity index (χ4n) is 1.82. The van der Waals surface area contributed by atoms with E-state index in [1.807, 2.05) is 0 Å². The van der Waals surface area contributed by atoms with Gasteiger partial charge in [0, 0.05) is 18.5 Å². The van der Waals surface area contributed by atoms with Gasteiger partial charge in [0.2, 0.25) is 0 Å². The lowest BCUT2D eigenvalue weighted by Gasteiger charge is -2.06. The predicted octanol–water partition coefficient (Wildman–Crippen LogP) is 1.25. The number of carboxylic acids is 1. The van der Waals surface area contributed by atoms with E-state index in [-0.39, 0.29) is 12.3 Å². The first kappa shape index (κ1) is 14.7. The normalized spacial score (nSPS) is 10.3. The van der Waals surface area contributed by atoms with Gasteiger partial charge in [-0.15, -0.1) is 5.10 Å². The Kier molecular flexibility index (Phi) is 5.03. The van der Waals surface area contributed by atoms with E-state index in [2.05, 4.69) is 15.6 Å². The molecule has 0 unspecified atom stereocenters. The zero-order valence-corrected chi connectivity index (χ0v) is 11.4. The molecular formula is C14H16N4O3. The molecule has 0 bridgehead atoms. The molecule has 1 amide bonds. The Bertz CT molecular complexity index is 593. The Balaban J connectivity index is 1.81. The minimum atomic E-state index is -0.815. The molecule has 1 aromatic heterocycles. The average Bonchev–Trinajstić information content (AvgIpc) is 3.01. The van der Waals surface area contributed by atoms with Crippen molar-refractivity contribution in [3.63, 3.8) is 0 Å². The molecule has 2 N–H and O–H groups in total. The van der Waals surface area contributed by atoms with Gasteiger partial charge in [-0.25, -0.2) is 4.68 Å². The summed E-state index contributed by atoms with van der Waals surface area (Å²) in [4.78, 5) is 22.2. The number of hydrogen-bond acceptors (Lipinski definition) is 4. The zero-order valence-electron chi connectivity index (χ0n) is 11.4. The first-order valence-corrected chi connectivity index (χ1v) is 6.63. The van der Waals surface area contributed by atoms with E-state index in [0.717, 1.165) is 5.69 Å². The zero-order chi connectivity index (χ0) is 15.1. The van der Waals surface area contributed by atoms with Crippen molar-refractivity contribution in [3.05, 3.63) is 42.2 Å². The number of aromatic nitrogens is 3. The summed E-state index contributed by atoms with van der Waals surface area (Å²) in [6, 6.07) is 7.00. The number of nitrogens with zero attached hydrogens (tertiary/aromatic N) is 3. The first-order valence-electron chi connectivity index (χ1n) is 6.63. The second-order valence-corrected chi connectivity index (χ2v) is 4.50. The lowest BCUT2D eigenvalue weighted by atomic mass is 10.2.